The predicted molar refractivity (Wildman–Crippen MR) is 97.8 cm³/mol. The van der Waals surface area contributed by atoms with Gasteiger partial charge in [0.05, 0.1) is 17.1 Å². The molecule has 0 bridgehead atoms. The molecule has 2 heterocycles. The van der Waals surface area contributed by atoms with Crippen molar-refractivity contribution in [3.05, 3.63) is 101 Å². The van der Waals surface area contributed by atoms with Gasteiger partial charge in [-0.3, -0.25) is 9.36 Å². The first kappa shape index (κ1) is 14.5. The number of hydrogen-bond donors (Lipinski definition) is 0. The van der Waals surface area contributed by atoms with Crippen LogP contribution >= 0.6 is 0 Å². The topological polar surface area (TPSA) is 26.9 Å². The molecule has 0 N–H and O–H groups in total. The van der Waals surface area contributed by atoms with Crippen LogP contribution in [0.1, 0.15) is 18.5 Å². The third kappa shape index (κ3) is 2.35. The highest BCUT2D eigenvalue weighted by atomic mass is 16.1. The zero-order valence-corrected chi connectivity index (χ0v) is 13.5. The number of pyridine rings is 1. The summed E-state index contributed by atoms with van der Waals surface area (Å²) in [6, 6.07) is 25.9. The van der Waals surface area contributed by atoms with Crippen LogP contribution in [0.4, 0.5) is 0 Å². The number of aromatic nitrogens is 2. The molecule has 0 saturated heterocycles. The summed E-state index contributed by atoms with van der Waals surface area (Å²) in [5, 5.41) is 0. The van der Waals surface area contributed by atoms with Gasteiger partial charge in [0.15, 0.2) is 0 Å². The number of nitrogens with zero attached hydrogens (tertiary/aromatic N) is 2. The van der Waals surface area contributed by atoms with Crippen molar-refractivity contribution in [2.24, 2.45) is 0 Å². The molecule has 1 atom stereocenters. The second-order valence-corrected chi connectivity index (χ2v) is 5.92. The molecule has 0 radical (unpaired) electrons. The predicted octanol–water partition coefficient (Wildman–Crippen LogP) is 4.40. The fraction of sp³-hybridized carbons (Fsp3) is 0.0952. The summed E-state index contributed by atoms with van der Waals surface area (Å²) in [5.41, 5.74) is 4.09. The molecular formula is C21H18N2O. The quantitative estimate of drug-likeness (QED) is 0.550. The fourth-order valence-electron chi connectivity index (χ4n) is 3.23. The number of hydrogen-bond acceptors (Lipinski definition) is 1. The molecule has 0 unspecified atom stereocenters. The van der Waals surface area contributed by atoms with E-state index in [1.807, 2.05) is 48.5 Å². The molecule has 2 aromatic heterocycles. The monoisotopic (exact) mass is 314 g/mol. The smallest absolute Gasteiger partial charge is 0.255 e. The van der Waals surface area contributed by atoms with Crippen molar-refractivity contribution < 1.29 is 0 Å². The zero-order chi connectivity index (χ0) is 16.5. The van der Waals surface area contributed by atoms with Crippen molar-refractivity contribution >= 4 is 11.0 Å². The number of fused-ring (bicyclic) bond motifs is 1. The molecule has 3 heteroatoms. The van der Waals surface area contributed by atoms with Crippen LogP contribution < -0.4 is 5.56 Å². The highest BCUT2D eigenvalue weighted by Crippen LogP contribution is 2.25. The minimum Gasteiger partial charge on any atom is -0.339 e. The molecule has 4 rings (SSSR count). The second kappa shape index (κ2) is 5.85. The van der Waals surface area contributed by atoms with Crippen LogP contribution in [0.3, 0.4) is 0 Å². The summed E-state index contributed by atoms with van der Waals surface area (Å²) in [6.07, 6.45) is 2.06. The van der Waals surface area contributed by atoms with Gasteiger partial charge < -0.3 is 4.57 Å². The van der Waals surface area contributed by atoms with Gasteiger partial charge in [-0.1, -0.05) is 48.5 Å². The Hall–Kier alpha value is -3.07. The van der Waals surface area contributed by atoms with Gasteiger partial charge in [0.1, 0.15) is 0 Å². The summed E-state index contributed by atoms with van der Waals surface area (Å²) in [4.78, 5) is 12.4. The molecule has 0 aliphatic carbocycles. The Balaban J connectivity index is 1.91. The van der Waals surface area contributed by atoms with E-state index >= 15 is 0 Å². The van der Waals surface area contributed by atoms with Crippen molar-refractivity contribution in [1.29, 1.82) is 0 Å². The van der Waals surface area contributed by atoms with E-state index in [2.05, 4.69) is 42.0 Å². The average molecular weight is 314 g/mol. The highest BCUT2D eigenvalue weighted by Gasteiger charge is 2.13. The fourth-order valence-corrected chi connectivity index (χ4v) is 3.23. The maximum absolute atomic E-state index is 12.4. The van der Waals surface area contributed by atoms with Crippen molar-refractivity contribution in [1.82, 2.24) is 9.13 Å². The summed E-state index contributed by atoms with van der Waals surface area (Å²) >= 11 is 0. The van der Waals surface area contributed by atoms with Crippen LogP contribution in [-0.4, -0.2) is 9.13 Å². The number of rotatable bonds is 3. The lowest BCUT2D eigenvalue weighted by atomic mass is 10.1. The molecular weight excluding hydrogens is 296 g/mol. The Morgan fingerprint density at radius 1 is 0.750 bits per heavy atom. The molecule has 118 valence electrons. The van der Waals surface area contributed by atoms with Crippen LogP contribution in [-0.2, 0) is 0 Å². The van der Waals surface area contributed by atoms with Crippen LogP contribution in [0, 0.1) is 0 Å². The van der Waals surface area contributed by atoms with Crippen LogP contribution in [0.15, 0.2) is 89.9 Å². The van der Waals surface area contributed by atoms with Crippen molar-refractivity contribution in [3.63, 3.8) is 0 Å². The maximum Gasteiger partial charge on any atom is 0.255 e. The van der Waals surface area contributed by atoms with Gasteiger partial charge >= 0.3 is 0 Å². The lowest BCUT2D eigenvalue weighted by molar-refractivity contribution is 0.663. The Labute approximate surface area is 140 Å². The minimum atomic E-state index is -0.0150. The van der Waals surface area contributed by atoms with Gasteiger partial charge in [0.25, 0.3) is 5.56 Å². The standard InChI is InChI=1S/C21H18N2O/c1-16(17-8-4-2-5-9-17)22-15-14-20-19(22)12-13-21(24)23(20)18-10-6-3-7-11-18/h2-16H,1H3/t16-/m0/s1. The maximum atomic E-state index is 12.4. The lowest BCUT2D eigenvalue weighted by Gasteiger charge is -2.16. The molecule has 0 aliphatic rings. The molecule has 0 spiro atoms. The molecule has 24 heavy (non-hydrogen) atoms. The van der Waals surface area contributed by atoms with E-state index in [0.29, 0.717) is 0 Å². The Bertz CT molecular complexity index is 1030. The lowest BCUT2D eigenvalue weighted by Crippen LogP contribution is -2.17. The summed E-state index contributed by atoms with van der Waals surface area (Å²) in [7, 11) is 0. The number of benzene rings is 2. The summed E-state index contributed by atoms with van der Waals surface area (Å²) in [5.74, 6) is 0. The molecule has 0 fully saturated rings. The van der Waals surface area contributed by atoms with Crippen LogP contribution in [0.2, 0.25) is 0 Å². The van der Waals surface area contributed by atoms with Gasteiger partial charge in [-0.15, -0.1) is 0 Å². The van der Waals surface area contributed by atoms with E-state index in [1.54, 1.807) is 10.6 Å². The van der Waals surface area contributed by atoms with Crippen molar-refractivity contribution in [2.45, 2.75) is 13.0 Å². The van der Waals surface area contributed by atoms with E-state index in [0.717, 1.165) is 16.7 Å². The first-order valence-corrected chi connectivity index (χ1v) is 8.09. The molecule has 0 saturated carbocycles. The SMILES string of the molecule is C[C@@H](c1ccccc1)n1ccc2c1ccc(=O)n2-c1ccccc1. The first-order valence-electron chi connectivity index (χ1n) is 8.09. The molecule has 2 aromatic carbocycles. The molecule has 4 aromatic rings. The second-order valence-electron chi connectivity index (χ2n) is 5.92. The third-order valence-corrected chi connectivity index (χ3v) is 4.49. The van der Waals surface area contributed by atoms with Crippen LogP contribution in [0.25, 0.3) is 16.7 Å². The van der Waals surface area contributed by atoms with E-state index in [1.165, 1.54) is 5.56 Å². The highest BCUT2D eigenvalue weighted by molar-refractivity contribution is 5.78. The zero-order valence-electron chi connectivity index (χ0n) is 13.5. The van der Waals surface area contributed by atoms with Gasteiger partial charge in [-0.25, -0.2) is 0 Å². The van der Waals surface area contributed by atoms with Crippen LogP contribution in [0.5, 0.6) is 0 Å². The Morgan fingerprint density at radius 3 is 2.12 bits per heavy atom. The van der Waals surface area contributed by atoms with Crippen molar-refractivity contribution in [2.75, 3.05) is 0 Å². The van der Waals surface area contributed by atoms with E-state index in [4.69, 9.17) is 0 Å². The Kier molecular flexibility index (Phi) is 3.54. The Morgan fingerprint density at radius 2 is 1.42 bits per heavy atom. The molecule has 3 nitrogen and oxygen atoms in total. The van der Waals surface area contributed by atoms with Gasteiger partial charge in [0, 0.05) is 18.0 Å². The summed E-state index contributed by atoms with van der Waals surface area (Å²) in [6.45, 7) is 2.17. The molecule has 0 aliphatic heterocycles. The third-order valence-electron chi connectivity index (χ3n) is 4.49. The van der Waals surface area contributed by atoms with Gasteiger partial charge in [0.2, 0.25) is 0 Å². The number of para-hydroxylation sites is 1. The molecule has 0 amide bonds. The van der Waals surface area contributed by atoms with Gasteiger partial charge in [-0.2, -0.15) is 0 Å². The largest absolute Gasteiger partial charge is 0.339 e. The normalized spacial score (nSPS) is 12.4. The van der Waals surface area contributed by atoms with Gasteiger partial charge in [-0.05, 0) is 36.8 Å². The van der Waals surface area contributed by atoms with Crippen molar-refractivity contribution in [3.8, 4) is 5.69 Å². The van der Waals surface area contributed by atoms with E-state index in [-0.39, 0.29) is 11.6 Å². The first-order chi connectivity index (χ1) is 11.8. The van der Waals surface area contributed by atoms with E-state index < -0.39 is 0 Å². The average Bonchev–Trinajstić information content (AvgIpc) is 3.06. The minimum absolute atomic E-state index is 0.0150. The van der Waals surface area contributed by atoms with E-state index in [9.17, 15) is 4.79 Å². The summed E-state index contributed by atoms with van der Waals surface area (Å²) < 4.78 is 3.98.